The molecule has 0 aliphatic carbocycles. The number of hydrogen-bond donors (Lipinski definition) is 0. The van der Waals surface area contributed by atoms with Crippen molar-refractivity contribution in [2.24, 2.45) is 0 Å². The lowest BCUT2D eigenvalue weighted by Gasteiger charge is -2.14. The van der Waals surface area contributed by atoms with Crippen molar-refractivity contribution in [3.8, 4) is 11.3 Å². The third-order valence-electron chi connectivity index (χ3n) is 5.60. The van der Waals surface area contributed by atoms with Crippen LogP contribution in [0, 0.1) is 6.85 Å². The number of fused-ring (bicyclic) bond motifs is 6. The Morgan fingerprint density at radius 2 is 1.29 bits per heavy atom. The summed E-state index contributed by atoms with van der Waals surface area (Å²) in [5.74, 6) is 0.0994. The summed E-state index contributed by atoms with van der Waals surface area (Å²) in [4.78, 5) is 4.55. The second kappa shape index (κ2) is 6.45. The standard InChI is InChI=1S/C27H23N/c1-17(2)25-15-27(28-16-18(25)3)19-12-13-24-22-10-5-4-8-20(22)21-9-6-7-11-23(21)26(24)14-19/h4-17H,1-3H3/i3D3. The van der Waals surface area contributed by atoms with Gasteiger partial charge in [0.05, 0.1) is 5.69 Å². The minimum absolute atomic E-state index is 0.0994. The van der Waals surface area contributed by atoms with Gasteiger partial charge >= 0.3 is 0 Å². The van der Waals surface area contributed by atoms with Crippen molar-refractivity contribution >= 4 is 32.3 Å². The van der Waals surface area contributed by atoms with Crippen LogP contribution in [0.1, 0.15) is 35.0 Å². The van der Waals surface area contributed by atoms with E-state index in [-0.39, 0.29) is 5.92 Å². The maximum atomic E-state index is 7.85. The van der Waals surface area contributed by atoms with Gasteiger partial charge in [0, 0.05) is 15.9 Å². The van der Waals surface area contributed by atoms with Gasteiger partial charge in [-0.15, -0.1) is 0 Å². The first kappa shape index (κ1) is 13.9. The highest BCUT2D eigenvalue weighted by Gasteiger charge is 2.11. The van der Waals surface area contributed by atoms with Crippen LogP contribution in [0.5, 0.6) is 0 Å². The number of nitrogens with zero attached hydrogens (tertiary/aromatic N) is 1. The van der Waals surface area contributed by atoms with Gasteiger partial charge < -0.3 is 0 Å². The molecule has 1 aromatic heterocycles. The highest BCUT2D eigenvalue weighted by atomic mass is 14.7. The molecule has 0 N–H and O–H groups in total. The van der Waals surface area contributed by atoms with Crippen molar-refractivity contribution in [3.63, 3.8) is 0 Å². The first-order valence-corrected chi connectivity index (χ1v) is 9.68. The lowest BCUT2D eigenvalue weighted by atomic mass is 9.92. The van der Waals surface area contributed by atoms with Gasteiger partial charge in [-0.3, -0.25) is 4.98 Å². The molecule has 1 heteroatoms. The van der Waals surface area contributed by atoms with Crippen LogP contribution in [0.25, 0.3) is 43.6 Å². The van der Waals surface area contributed by atoms with Gasteiger partial charge in [0.2, 0.25) is 0 Å². The smallest absolute Gasteiger partial charge is 0.0705 e. The summed E-state index contributed by atoms with van der Waals surface area (Å²) in [5, 5.41) is 7.32. The highest BCUT2D eigenvalue weighted by Crippen LogP contribution is 2.37. The Bertz CT molecular complexity index is 1410. The molecule has 0 fully saturated rings. The van der Waals surface area contributed by atoms with Gasteiger partial charge in [0.25, 0.3) is 0 Å². The Hall–Kier alpha value is -3.19. The van der Waals surface area contributed by atoms with Crippen LogP contribution < -0.4 is 0 Å². The number of pyridine rings is 1. The largest absolute Gasteiger partial charge is 0.256 e. The summed E-state index contributed by atoms with van der Waals surface area (Å²) >= 11 is 0. The summed E-state index contributed by atoms with van der Waals surface area (Å²) in [7, 11) is 0. The summed E-state index contributed by atoms with van der Waals surface area (Å²) in [5.41, 5.74) is 2.96. The molecule has 5 rings (SSSR count). The quantitative estimate of drug-likeness (QED) is 0.293. The van der Waals surface area contributed by atoms with E-state index in [0.29, 0.717) is 5.56 Å². The van der Waals surface area contributed by atoms with E-state index in [1.54, 1.807) is 0 Å². The predicted molar refractivity (Wildman–Crippen MR) is 121 cm³/mol. The van der Waals surface area contributed by atoms with Crippen molar-refractivity contribution in [2.45, 2.75) is 26.6 Å². The number of aryl methyl sites for hydroxylation is 1. The lowest BCUT2D eigenvalue weighted by Crippen LogP contribution is -1.95. The Morgan fingerprint density at radius 3 is 1.86 bits per heavy atom. The van der Waals surface area contributed by atoms with E-state index in [4.69, 9.17) is 4.11 Å². The van der Waals surface area contributed by atoms with Crippen LogP contribution in [-0.2, 0) is 0 Å². The maximum Gasteiger partial charge on any atom is 0.0705 e. The zero-order chi connectivity index (χ0) is 21.8. The average molecular weight is 365 g/mol. The molecule has 0 saturated carbocycles. The van der Waals surface area contributed by atoms with Gasteiger partial charge in [-0.1, -0.05) is 74.5 Å². The fraction of sp³-hybridized carbons (Fsp3) is 0.148. The molecular weight excluding hydrogens is 338 g/mol. The molecule has 1 nitrogen and oxygen atoms in total. The fourth-order valence-electron chi connectivity index (χ4n) is 4.17. The van der Waals surface area contributed by atoms with E-state index in [1.165, 1.54) is 38.5 Å². The number of benzene rings is 4. The van der Waals surface area contributed by atoms with Crippen molar-refractivity contribution in [1.29, 1.82) is 0 Å². The van der Waals surface area contributed by atoms with Crippen LogP contribution in [0.2, 0.25) is 0 Å². The molecule has 0 atom stereocenters. The number of hydrogen-bond acceptors (Lipinski definition) is 1. The molecule has 0 saturated heterocycles. The number of aromatic nitrogens is 1. The van der Waals surface area contributed by atoms with Crippen LogP contribution in [0.15, 0.2) is 79.0 Å². The molecule has 0 aliphatic rings. The molecular formula is C27H23N. The molecule has 0 amide bonds. The van der Waals surface area contributed by atoms with Crippen molar-refractivity contribution in [1.82, 2.24) is 4.98 Å². The highest BCUT2D eigenvalue weighted by molar-refractivity contribution is 6.25. The summed E-state index contributed by atoms with van der Waals surface area (Å²) < 4.78 is 23.6. The lowest BCUT2D eigenvalue weighted by molar-refractivity contribution is 0.852. The van der Waals surface area contributed by atoms with Crippen molar-refractivity contribution in [3.05, 3.63) is 90.1 Å². The van der Waals surface area contributed by atoms with E-state index in [0.717, 1.165) is 16.8 Å². The van der Waals surface area contributed by atoms with Gasteiger partial charge in [-0.25, -0.2) is 0 Å². The third kappa shape index (κ3) is 2.58. The van der Waals surface area contributed by atoms with Gasteiger partial charge in [0.15, 0.2) is 0 Å². The van der Waals surface area contributed by atoms with E-state index in [9.17, 15) is 0 Å². The fourth-order valence-corrected chi connectivity index (χ4v) is 4.17. The van der Waals surface area contributed by atoms with Crippen LogP contribution >= 0.6 is 0 Å². The van der Waals surface area contributed by atoms with E-state index in [1.807, 2.05) is 19.9 Å². The second-order valence-electron chi connectivity index (χ2n) is 7.66. The van der Waals surface area contributed by atoms with Crippen LogP contribution in [-0.4, -0.2) is 4.98 Å². The van der Waals surface area contributed by atoms with E-state index >= 15 is 0 Å². The molecule has 4 aromatic carbocycles. The normalized spacial score (nSPS) is 13.8. The Labute approximate surface area is 169 Å². The second-order valence-corrected chi connectivity index (χ2v) is 7.66. The molecule has 5 aromatic rings. The zero-order valence-corrected chi connectivity index (χ0v) is 16.0. The molecule has 0 unspecified atom stereocenters. The number of rotatable bonds is 2. The first-order valence-electron chi connectivity index (χ1n) is 11.2. The van der Waals surface area contributed by atoms with Gasteiger partial charge in [-0.05, 0) is 68.3 Å². The third-order valence-corrected chi connectivity index (χ3v) is 5.60. The van der Waals surface area contributed by atoms with Crippen LogP contribution in [0.3, 0.4) is 0 Å². The maximum absolute atomic E-state index is 7.85. The first-order chi connectivity index (χ1) is 14.8. The monoisotopic (exact) mass is 364 g/mol. The Balaban J connectivity index is 1.79. The molecule has 0 aliphatic heterocycles. The Kier molecular flexibility index (Phi) is 3.20. The summed E-state index contributed by atoms with van der Waals surface area (Å²) in [6, 6.07) is 25.4. The van der Waals surface area contributed by atoms with E-state index in [2.05, 4.69) is 71.7 Å². The molecule has 0 bridgehead atoms. The zero-order valence-electron chi connectivity index (χ0n) is 19.0. The molecule has 1 heterocycles. The minimum Gasteiger partial charge on any atom is -0.256 e. The Morgan fingerprint density at radius 1 is 0.714 bits per heavy atom. The van der Waals surface area contributed by atoms with Crippen LogP contribution in [0.4, 0.5) is 0 Å². The average Bonchev–Trinajstić information content (AvgIpc) is 2.78. The molecule has 0 radical (unpaired) electrons. The molecule has 28 heavy (non-hydrogen) atoms. The summed E-state index contributed by atoms with van der Waals surface area (Å²) in [6.07, 6.45) is 1.53. The predicted octanol–water partition coefficient (Wildman–Crippen LogP) is 7.64. The topological polar surface area (TPSA) is 12.9 Å². The van der Waals surface area contributed by atoms with Crippen molar-refractivity contribution < 1.29 is 4.11 Å². The molecule has 0 spiro atoms. The SMILES string of the molecule is [2H]C([2H])([2H])c1cnc(-c2ccc3c4ccccc4c4ccccc4c3c2)cc1C(C)C. The van der Waals surface area contributed by atoms with E-state index < -0.39 is 6.85 Å². The minimum atomic E-state index is -2.16. The van der Waals surface area contributed by atoms with Crippen molar-refractivity contribution in [2.75, 3.05) is 0 Å². The summed E-state index contributed by atoms with van der Waals surface area (Å²) in [6.45, 7) is 1.88. The molecule has 136 valence electrons. The van der Waals surface area contributed by atoms with Gasteiger partial charge in [-0.2, -0.15) is 0 Å². The van der Waals surface area contributed by atoms with Gasteiger partial charge in [0.1, 0.15) is 0 Å².